The lowest BCUT2D eigenvalue weighted by atomic mass is 9.97. The molecule has 0 aliphatic carbocycles. The second-order valence-electron chi connectivity index (χ2n) is 5.61. The summed E-state index contributed by atoms with van der Waals surface area (Å²) in [5.74, 6) is 1.76. The predicted octanol–water partition coefficient (Wildman–Crippen LogP) is 2.33. The maximum atomic E-state index is 4.65. The molecular weight excluding hydrogens is 236 g/mol. The zero-order chi connectivity index (χ0) is 13.2. The molecule has 1 N–H and O–H groups in total. The molecule has 0 amide bonds. The van der Waals surface area contributed by atoms with Gasteiger partial charge in [-0.3, -0.25) is 0 Å². The molecule has 1 aromatic heterocycles. The molecule has 1 aromatic carbocycles. The van der Waals surface area contributed by atoms with Crippen LogP contribution in [0.4, 0.5) is 5.95 Å². The average molecular weight is 258 g/mol. The molecule has 0 bridgehead atoms. The molecule has 1 aliphatic heterocycles. The minimum absolute atomic E-state index is 0.774. The Morgan fingerprint density at radius 1 is 1.21 bits per heavy atom. The van der Waals surface area contributed by atoms with E-state index in [-0.39, 0.29) is 0 Å². The van der Waals surface area contributed by atoms with Crippen LogP contribution >= 0.6 is 0 Å². The zero-order valence-corrected chi connectivity index (χ0v) is 11.8. The lowest BCUT2D eigenvalue weighted by molar-refractivity contribution is 0.226. The van der Waals surface area contributed by atoms with Crippen LogP contribution in [0.1, 0.15) is 12.8 Å². The van der Waals surface area contributed by atoms with Crippen molar-refractivity contribution in [2.24, 2.45) is 13.0 Å². The number of anilines is 1. The average Bonchev–Trinajstić information content (AvgIpc) is 2.76. The van der Waals surface area contributed by atoms with Crippen LogP contribution in [0.2, 0.25) is 0 Å². The summed E-state index contributed by atoms with van der Waals surface area (Å²) in [6.07, 6.45) is 2.57. The van der Waals surface area contributed by atoms with E-state index in [1.807, 2.05) is 6.07 Å². The van der Waals surface area contributed by atoms with Gasteiger partial charge in [-0.2, -0.15) is 0 Å². The number of piperidine rings is 1. The SMILES string of the molecule is CN1CCC(CNc2nc3ccccc3n2C)CC1. The topological polar surface area (TPSA) is 33.1 Å². The molecule has 4 nitrogen and oxygen atoms in total. The highest BCUT2D eigenvalue weighted by molar-refractivity contribution is 5.78. The zero-order valence-electron chi connectivity index (χ0n) is 11.8. The summed E-state index contributed by atoms with van der Waals surface area (Å²) in [4.78, 5) is 7.06. The van der Waals surface area contributed by atoms with Gasteiger partial charge in [0.15, 0.2) is 0 Å². The van der Waals surface area contributed by atoms with Crippen molar-refractivity contribution in [1.82, 2.24) is 14.5 Å². The molecule has 0 radical (unpaired) electrons. The molecule has 4 heteroatoms. The molecule has 0 unspecified atom stereocenters. The van der Waals surface area contributed by atoms with E-state index in [1.54, 1.807) is 0 Å². The molecule has 1 fully saturated rings. The maximum Gasteiger partial charge on any atom is 0.203 e. The summed E-state index contributed by atoms with van der Waals surface area (Å²) in [6.45, 7) is 3.47. The number of aromatic nitrogens is 2. The first-order valence-electron chi connectivity index (χ1n) is 7.08. The normalized spacial score (nSPS) is 18.0. The summed E-state index contributed by atoms with van der Waals surface area (Å²) < 4.78 is 2.14. The Hall–Kier alpha value is -1.55. The van der Waals surface area contributed by atoms with E-state index in [4.69, 9.17) is 0 Å². The molecule has 3 rings (SSSR count). The fourth-order valence-corrected chi connectivity index (χ4v) is 2.81. The molecule has 0 saturated carbocycles. The molecule has 2 heterocycles. The Bertz CT molecular complexity index is 552. The first kappa shape index (κ1) is 12.5. The Morgan fingerprint density at radius 2 is 1.95 bits per heavy atom. The van der Waals surface area contributed by atoms with Crippen LogP contribution in [0.25, 0.3) is 11.0 Å². The van der Waals surface area contributed by atoms with Crippen molar-refractivity contribution in [2.45, 2.75) is 12.8 Å². The van der Waals surface area contributed by atoms with Crippen molar-refractivity contribution < 1.29 is 0 Å². The van der Waals surface area contributed by atoms with Crippen molar-refractivity contribution in [1.29, 1.82) is 0 Å². The van der Waals surface area contributed by atoms with Crippen LogP contribution in [0, 0.1) is 5.92 Å². The van der Waals surface area contributed by atoms with Crippen molar-refractivity contribution >= 4 is 17.0 Å². The summed E-state index contributed by atoms with van der Waals surface area (Å²) in [5, 5.41) is 3.52. The van der Waals surface area contributed by atoms with Gasteiger partial charge < -0.3 is 14.8 Å². The van der Waals surface area contributed by atoms with Crippen LogP contribution in [-0.4, -0.2) is 41.1 Å². The summed E-state index contributed by atoms with van der Waals surface area (Å²) in [5.41, 5.74) is 2.25. The van der Waals surface area contributed by atoms with Gasteiger partial charge >= 0.3 is 0 Å². The third-order valence-corrected chi connectivity index (χ3v) is 4.17. The van der Waals surface area contributed by atoms with E-state index >= 15 is 0 Å². The molecule has 102 valence electrons. The van der Waals surface area contributed by atoms with E-state index in [2.05, 4.69) is 52.1 Å². The van der Waals surface area contributed by atoms with Gasteiger partial charge in [0.1, 0.15) is 0 Å². The Kier molecular flexibility index (Phi) is 3.42. The van der Waals surface area contributed by atoms with Gasteiger partial charge in [0.05, 0.1) is 11.0 Å². The number of fused-ring (bicyclic) bond motifs is 1. The summed E-state index contributed by atoms with van der Waals surface area (Å²) in [6, 6.07) is 8.28. The van der Waals surface area contributed by atoms with Crippen molar-refractivity contribution in [3.8, 4) is 0 Å². The second kappa shape index (κ2) is 5.21. The lowest BCUT2D eigenvalue weighted by Crippen LogP contribution is -2.33. The standard InChI is InChI=1S/C15H22N4/c1-18-9-7-12(8-10-18)11-16-15-17-13-5-3-4-6-14(13)19(15)2/h3-6,12H,7-11H2,1-2H3,(H,16,17). The van der Waals surface area contributed by atoms with Gasteiger partial charge in [-0.05, 0) is 51.0 Å². The predicted molar refractivity (Wildman–Crippen MR) is 79.4 cm³/mol. The first-order valence-corrected chi connectivity index (χ1v) is 7.08. The third kappa shape index (κ3) is 2.59. The van der Waals surface area contributed by atoms with Crippen LogP contribution in [0.5, 0.6) is 0 Å². The number of hydrogen-bond acceptors (Lipinski definition) is 3. The van der Waals surface area contributed by atoms with Crippen molar-refractivity contribution in [3.05, 3.63) is 24.3 Å². The molecule has 1 saturated heterocycles. The van der Waals surface area contributed by atoms with Gasteiger partial charge in [0, 0.05) is 13.6 Å². The quantitative estimate of drug-likeness (QED) is 0.917. The van der Waals surface area contributed by atoms with Crippen molar-refractivity contribution in [3.63, 3.8) is 0 Å². The maximum absolute atomic E-state index is 4.65. The van der Waals surface area contributed by atoms with E-state index in [0.717, 1.165) is 23.9 Å². The number of nitrogens with zero attached hydrogens (tertiary/aromatic N) is 3. The molecular formula is C15H22N4. The van der Waals surface area contributed by atoms with Gasteiger partial charge in [-0.1, -0.05) is 12.1 Å². The fourth-order valence-electron chi connectivity index (χ4n) is 2.81. The molecule has 19 heavy (non-hydrogen) atoms. The molecule has 1 aliphatic rings. The second-order valence-corrected chi connectivity index (χ2v) is 5.61. The highest BCUT2D eigenvalue weighted by Crippen LogP contribution is 2.20. The van der Waals surface area contributed by atoms with Gasteiger partial charge in [-0.15, -0.1) is 0 Å². The molecule has 0 atom stereocenters. The molecule has 2 aromatic rings. The fraction of sp³-hybridized carbons (Fsp3) is 0.533. The van der Waals surface area contributed by atoms with Gasteiger partial charge in [-0.25, -0.2) is 4.98 Å². The Balaban J connectivity index is 1.67. The number of imidazole rings is 1. The molecule has 0 spiro atoms. The van der Waals surface area contributed by atoms with Crippen LogP contribution in [0.15, 0.2) is 24.3 Å². The number of para-hydroxylation sites is 2. The summed E-state index contributed by atoms with van der Waals surface area (Å²) >= 11 is 0. The van der Waals surface area contributed by atoms with Crippen LogP contribution < -0.4 is 5.32 Å². The highest BCUT2D eigenvalue weighted by Gasteiger charge is 2.17. The minimum Gasteiger partial charge on any atom is -0.355 e. The van der Waals surface area contributed by atoms with Gasteiger partial charge in [0.2, 0.25) is 5.95 Å². The monoisotopic (exact) mass is 258 g/mol. The van der Waals surface area contributed by atoms with E-state index in [1.165, 1.54) is 31.4 Å². The smallest absolute Gasteiger partial charge is 0.203 e. The largest absolute Gasteiger partial charge is 0.355 e. The highest BCUT2D eigenvalue weighted by atomic mass is 15.2. The number of nitrogens with one attached hydrogen (secondary N) is 1. The van der Waals surface area contributed by atoms with E-state index in [0.29, 0.717) is 0 Å². The Labute approximate surface area is 114 Å². The minimum atomic E-state index is 0.774. The van der Waals surface area contributed by atoms with E-state index < -0.39 is 0 Å². The third-order valence-electron chi connectivity index (χ3n) is 4.17. The van der Waals surface area contributed by atoms with E-state index in [9.17, 15) is 0 Å². The number of benzene rings is 1. The number of rotatable bonds is 3. The number of likely N-dealkylation sites (tertiary alicyclic amines) is 1. The van der Waals surface area contributed by atoms with Gasteiger partial charge in [0.25, 0.3) is 0 Å². The summed E-state index contributed by atoms with van der Waals surface area (Å²) in [7, 11) is 4.28. The number of aryl methyl sites for hydroxylation is 1. The first-order chi connectivity index (χ1) is 9.24. The lowest BCUT2D eigenvalue weighted by Gasteiger charge is -2.29. The number of hydrogen-bond donors (Lipinski definition) is 1. The van der Waals surface area contributed by atoms with Crippen LogP contribution in [0.3, 0.4) is 0 Å². The van der Waals surface area contributed by atoms with Crippen molar-refractivity contribution in [2.75, 3.05) is 32.0 Å². The van der Waals surface area contributed by atoms with Crippen LogP contribution in [-0.2, 0) is 7.05 Å². The Morgan fingerprint density at radius 3 is 2.68 bits per heavy atom.